The number of nitrogens with zero attached hydrogens (tertiary/aromatic N) is 2. The van der Waals surface area contributed by atoms with Gasteiger partial charge in [-0.2, -0.15) is 0 Å². The smallest absolute Gasteiger partial charge is 0.292 e. The number of nitro groups is 1. The van der Waals surface area contributed by atoms with Crippen LogP contribution in [0.15, 0.2) is 41.6 Å². The molecule has 0 radical (unpaired) electrons. The second-order valence-electron chi connectivity index (χ2n) is 3.73. The maximum Gasteiger partial charge on any atom is 0.292 e. The van der Waals surface area contributed by atoms with E-state index in [9.17, 15) is 10.1 Å². The summed E-state index contributed by atoms with van der Waals surface area (Å²) >= 11 is 7.41. The Kier molecular flexibility index (Phi) is 4.24. The summed E-state index contributed by atoms with van der Waals surface area (Å²) in [5, 5.41) is 12.1. The summed E-state index contributed by atoms with van der Waals surface area (Å²) in [5.41, 5.74) is 6.42. The highest BCUT2D eigenvalue weighted by molar-refractivity contribution is 7.98. The molecule has 1 aromatic carbocycles. The SMILES string of the molecule is Nc1ccc(CSc2ncccc2Cl)cc1[N+](=O)[O-]. The third kappa shape index (κ3) is 3.36. The molecule has 0 spiro atoms. The first-order valence-electron chi connectivity index (χ1n) is 5.34. The molecule has 0 bridgehead atoms. The van der Waals surface area contributed by atoms with Gasteiger partial charge in [-0.3, -0.25) is 10.1 Å². The van der Waals surface area contributed by atoms with E-state index in [1.165, 1.54) is 23.9 Å². The zero-order valence-electron chi connectivity index (χ0n) is 9.75. The van der Waals surface area contributed by atoms with Crippen molar-refractivity contribution in [3.8, 4) is 0 Å². The number of nitrogen functional groups attached to an aromatic ring is 1. The topological polar surface area (TPSA) is 82.0 Å². The highest BCUT2D eigenvalue weighted by Gasteiger charge is 2.12. The van der Waals surface area contributed by atoms with Gasteiger partial charge in [0.1, 0.15) is 10.7 Å². The lowest BCUT2D eigenvalue weighted by molar-refractivity contribution is -0.383. The van der Waals surface area contributed by atoms with E-state index in [0.29, 0.717) is 15.8 Å². The lowest BCUT2D eigenvalue weighted by Crippen LogP contribution is -1.96. The van der Waals surface area contributed by atoms with E-state index < -0.39 is 4.92 Å². The van der Waals surface area contributed by atoms with Gasteiger partial charge in [-0.25, -0.2) is 4.98 Å². The van der Waals surface area contributed by atoms with Crippen LogP contribution in [-0.2, 0) is 5.75 Å². The van der Waals surface area contributed by atoms with E-state index in [1.54, 1.807) is 24.4 Å². The average Bonchev–Trinajstić information content (AvgIpc) is 2.39. The molecule has 2 rings (SSSR count). The Morgan fingerprint density at radius 1 is 1.42 bits per heavy atom. The summed E-state index contributed by atoms with van der Waals surface area (Å²) in [5.74, 6) is 0.540. The molecule has 5 nitrogen and oxygen atoms in total. The van der Waals surface area contributed by atoms with Crippen LogP contribution in [0.25, 0.3) is 0 Å². The monoisotopic (exact) mass is 295 g/mol. The summed E-state index contributed by atoms with van der Waals surface area (Å²) in [6.07, 6.45) is 1.65. The second-order valence-corrected chi connectivity index (χ2v) is 5.10. The van der Waals surface area contributed by atoms with E-state index in [0.717, 1.165) is 5.56 Å². The quantitative estimate of drug-likeness (QED) is 0.404. The van der Waals surface area contributed by atoms with Crippen LogP contribution < -0.4 is 5.73 Å². The van der Waals surface area contributed by atoms with Crippen molar-refractivity contribution in [2.45, 2.75) is 10.8 Å². The fourth-order valence-corrected chi connectivity index (χ4v) is 2.58. The first-order chi connectivity index (χ1) is 9.08. The highest BCUT2D eigenvalue weighted by atomic mass is 35.5. The van der Waals surface area contributed by atoms with Gasteiger partial charge in [-0.1, -0.05) is 17.7 Å². The van der Waals surface area contributed by atoms with E-state index in [1.807, 2.05) is 0 Å². The van der Waals surface area contributed by atoms with Gasteiger partial charge in [-0.05, 0) is 23.8 Å². The van der Waals surface area contributed by atoms with E-state index >= 15 is 0 Å². The fraction of sp³-hybridized carbons (Fsp3) is 0.0833. The molecule has 19 heavy (non-hydrogen) atoms. The molecule has 98 valence electrons. The second kappa shape index (κ2) is 5.90. The van der Waals surface area contributed by atoms with Crippen LogP contribution >= 0.6 is 23.4 Å². The number of aromatic nitrogens is 1. The summed E-state index contributed by atoms with van der Waals surface area (Å²) in [6.45, 7) is 0. The number of hydrogen-bond donors (Lipinski definition) is 1. The predicted molar refractivity (Wildman–Crippen MR) is 76.3 cm³/mol. The summed E-state index contributed by atoms with van der Waals surface area (Å²) in [7, 11) is 0. The maximum atomic E-state index is 10.8. The Balaban J connectivity index is 2.14. The average molecular weight is 296 g/mol. The molecular weight excluding hydrogens is 286 g/mol. The molecule has 0 saturated carbocycles. The zero-order chi connectivity index (χ0) is 13.8. The van der Waals surface area contributed by atoms with Gasteiger partial charge >= 0.3 is 0 Å². The predicted octanol–water partition coefficient (Wildman–Crippen LogP) is 3.52. The lowest BCUT2D eigenvalue weighted by atomic mass is 10.2. The molecule has 1 aromatic heterocycles. The minimum atomic E-state index is -0.489. The number of benzene rings is 1. The maximum absolute atomic E-state index is 10.8. The zero-order valence-corrected chi connectivity index (χ0v) is 11.3. The third-order valence-electron chi connectivity index (χ3n) is 2.39. The van der Waals surface area contributed by atoms with Crippen LogP contribution in [0.1, 0.15) is 5.56 Å². The number of rotatable bonds is 4. The highest BCUT2D eigenvalue weighted by Crippen LogP contribution is 2.29. The Morgan fingerprint density at radius 2 is 2.21 bits per heavy atom. The molecule has 7 heteroatoms. The molecule has 0 saturated heterocycles. The van der Waals surface area contributed by atoms with Crippen molar-refractivity contribution < 1.29 is 4.92 Å². The first-order valence-corrected chi connectivity index (χ1v) is 6.70. The van der Waals surface area contributed by atoms with Crippen LogP contribution in [0.5, 0.6) is 0 Å². The van der Waals surface area contributed by atoms with Crippen LogP contribution in [0.3, 0.4) is 0 Å². The van der Waals surface area contributed by atoms with Crippen molar-refractivity contribution in [1.29, 1.82) is 0 Å². The number of anilines is 1. The molecule has 0 unspecified atom stereocenters. The van der Waals surface area contributed by atoms with Crippen molar-refractivity contribution in [1.82, 2.24) is 4.98 Å². The van der Waals surface area contributed by atoms with E-state index in [-0.39, 0.29) is 11.4 Å². The number of halogens is 1. The van der Waals surface area contributed by atoms with Crippen molar-refractivity contribution >= 4 is 34.7 Å². The van der Waals surface area contributed by atoms with Crippen LogP contribution in [0.4, 0.5) is 11.4 Å². The van der Waals surface area contributed by atoms with Gasteiger partial charge in [-0.15, -0.1) is 11.8 Å². The van der Waals surface area contributed by atoms with Gasteiger partial charge in [0, 0.05) is 18.0 Å². The third-order valence-corrected chi connectivity index (χ3v) is 3.89. The van der Waals surface area contributed by atoms with E-state index in [2.05, 4.69) is 4.98 Å². The summed E-state index contributed by atoms with van der Waals surface area (Å²) in [4.78, 5) is 14.4. The Bertz CT molecular complexity index is 622. The number of nitro benzene ring substituents is 1. The molecule has 1 heterocycles. The lowest BCUT2D eigenvalue weighted by Gasteiger charge is -2.04. The molecule has 0 aliphatic rings. The normalized spacial score (nSPS) is 10.4. The van der Waals surface area contributed by atoms with Crippen LogP contribution in [-0.4, -0.2) is 9.91 Å². The molecule has 0 aliphatic carbocycles. The van der Waals surface area contributed by atoms with Crippen molar-refractivity contribution in [3.63, 3.8) is 0 Å². The molecule has 0 fully saturated rings. The number of thioether (sulfide) groups is 1. The molecule has 0 atom stereocenters. The molecule has 2 aromatic rings. The minimum absolute atomic E-state index is 0.0785. The number of hydrogen-bond acceptors (Lipinski definition) is 5. The first kappa shape index (κ1) is 13.6. The van der Waals surface area contributed by atoms with Crippen LogP contribution in [0.2, 0.25) is 5.02 Å². The minimum Gasteiger partial charge on any atom is -0.393 e. The summed E-state index contributed by atoms with van der Waals surface area (Å²) in [6, 6.07) is 8.27. The van der Waals surface area contributed by atoms with Crippen molar-refractivity contribution in [2.75, 3.05) is 5.73 Å². The Labute approximate surface area is 118 Å². The fourth-order valence-electron chi connectivity index (χ4n) is 1.47. The van der Waals surface area contributed by atoms with Gasteiger partial charge < -0.3 is 5.73 Å². The van der Waals surface area contributed by atoms with Gasteiger partial charge in [0.25, 0.3) is 5.69 Å². The molecule has 0 aliphatic heterocycles. The van der Waals surface area contributed by atoms with Gasteiger partial charge in [0.15, 0.2) is 0 Å². The molecule has 0 amide bonds. The van der Waals surface area contributed by atoms with Crippen LogP contribution in [0, 0.1) is 10.1 Å². The van der Waals surface area contributed by atoms with Crippen molar-refractivity contribution in [3.05, 3.63) is 57.2 Å². The standard InChI is InChI=1S/C12H10ClN3O2S/c13-9-2-1-5-15-12(9)19-7-8-3-4-10(14)11(6-8)16(17)18/h1-6H,7,14H2. The molecule has 2 N–H and O–H groups in total. The van der Waals surface area contributed by atoms with E-state index in [4.69, 9.17) is 17.3 Å². The Morgan fingerprint density at radius 3 is 2.89 bits per heavy atom. The number of pyridine rings is 1. The number of nitrogens with two attached hydrogens (primary N) is 1. The summed E-state index contributed by atoms with van der Waals surface area (Å²) < 4.78 is 0. The Hall–Kier alpha value is -1.79. The van der Waals surface area contributed by atoms with Gasteiger partial charge in [0.2, 0.25) is 0 Å². The molecular formula is C12H10ClN3O2S. The van der Waals surface area contributed by atoms with Gasteiger partial charge in [0.05, 0.1) is 9.95 Å². The largest absolute Gasteiger partial charge is 0.393 e. The van der Waals surface area contributed by atoms with Crippen molar-refractivity contribution in [2.24, 2.45) is 0 Å².